The molecule has 0 heterocycles. The van der Waals surface area contributed by atoms with E-state index in [1.54, 1.807) is 6.08 Å². The molecule has 2 nitrogen and oxygen atoms in total. The molecule has 0 saturated carbocycles. The quantitative estimate of drug-likeness (QED) is 0.383. The molecule has 0 amide bonds. The summed E-state index contributed by atoms with van der Waals surface area (Å²) >= 11 is 0. The maximum Gasteiger partial charge on any atom is 0.234 e. The molecule has 80 valence electrons. The summed E-state index contributed by atoms with van der Waals surface area (Å²) < 4.78 is 0. The van der Waals surface area contributed by atoms with E-state index in [2.05, 4.69) is 30.6 Å². The number of nitrogens with zero attached hydrogens (tertiary/aromatic N) is 1. The Balaban J connectivity index is 2.69. The molecule has 0 radical (unpaired) electrons. The molecule has 0 aromatic carbocycles. The number of allylic oxidation sites excluding steroid dienone is 4. The van der Waals surface area contributed by atoms with E-state index in [0.29, 0.717) is 12.5 Å². The van der Waals surface area contributed by atoms with E-state index in [9.17, 15) is 4.79 Å². The third kappa shape index (κ3) is 3.34. The number of hydrogen-bond donors (Lipinski definition) is 0. The Hall–Kier alpha value is -1.40. The van der Waals surface area contributed by atoms with Crippen molar-refractivity contribution in [3.63, 3.8) is 0 Å². The summed E-state index contributed by atoms with van der Waals surface area (Å²) in [6.07, 6.45) is 10.8. The summed E-state index contributed by atoms with van der Waals surface area (Å²) in [5.74, 6) is 0.370. The Labute approximate surface area is 91.1 Å². The summed E-state index contributed by atoms with van der Waals surface area (Å²) in [6, 6.07) is 0. The highest BCUT2D eigenvalue weighted by atomic mass is 16.1. The van der Waals surface area contributed by atoms with Crippen molar-refractivity contribution < 1.29 is 4.79 Å². The topological polar surface area (TPSA) is 29.4 Å². The Kier molecular flexibility index (Phi) is 4.79. The molecule has 2 heteroatoms. The van der Waals surface area contributed by atoms with Gasteiger partial charge in [-0.15, -0.1) is 6.58 Å². The van der Waals surface area contributed by atoms with Gasteiger partial charge in [0.15, 0.2) is 0 Å². The first-order valence-electron chi connectivity index (χ1n) is 5.35. The smallest absolute Gasteiger partial charge is 0.211 e. The number of isocyanates is 1. The Bertz CT molecular complexity index is 332. The summed E-state index contributed by atoms with van der Waals surface area (Å²) in [7, 11) is 0. The fourth-order valence-electron chi connectivity index (χ4n) is 1.90. The van der Waals surface area contributed by atoms with Crippen LogP contribution in [0.1, 0.15) is 26.2 Å². The van der Waals surface area contributed by atoms with Crippen LogP contribution in [0.2, 0.25) is 0 Å². The Morgan fingerprint density at radius 1 is 1.73 bits per heavy atom. The van der Waals surface area contributed by atoms with Crippen LogP contribution in [0.5, 0.6) is 0 Å². The summed E-state index contributed by atoms with van der Waals surface area (Å²) in [5.41, 5.74) is 2.84. The van der Waals surface area contributed by atoms with Gasteiger partial charge in [0.2, 0.25) is 6.08 Å². The molecule has 0 aromatic rings. The average Bonchev–Trinajstić information content (AvgIpc) is 2.28. The number of rotatable bonds is 5. The number of carbonyl (C=O) groups excluding carboxylic acids is 1. The normalized spacial score (nSPS) is 19.9. The summed E-state index contributed by atoms with van der Waals surface area (Å²) in [5, 5.41) is 0. The van der Waals surface area contributed by atoms with Gasteiger partial charge in [0.1, 0.15) is 0 Å². The molecular weight excluding hydrogens is 186 g/mol. The molecule has 0 saturated heterocycles. The van der Waals surface area contributed by atoms with Crippen molar-refractivity contribution in [2.24, 2.45) is 10.9 Å². The number of hydrogen-bond acceptors (Lipinski definition) is 2. The summed E-state index contributed by atoms with van der Waals surface area (Å²) in [4.78, 5) is 13.7. The van der Waals surface area contributed by atoms with Crippen LogP contribution in [-0.2, 0) is 4.79 Å². The Morgan fingerprint density at radius 3 is 3.13 bits per heavy atom. The van der Waals surface area contributed by atoms with Crippen LogP contribution in [0.3, 0.4) is 0 Å². The Morgan fingerprint density at radius 2 is 2.53 bits per heavy atom. The van der Waals surface area contributed by atoms with Gasteiger partial charge in [-0.25, -0.2) is 9.79 Å². The fraction of sp³-hybridized carbons (Fsp3) is 0.462. The highest BCUT2D eigenvalue weighted by molar-refractivity contribution is 5.35. The van der Waals surface area contributed by atoms with Gasteiger partial charge in [-0.3, -0.25) is 0 Å². The van der Waals surface area contributed by atoms with Crippen molar-refractivity contribution in [3.05, 3.63) is 36.0 Å². The lowest BCUT2D eigenvalue weighted by Gasteiger charge is -2.19. The van der Waals surface area contributed by atoms with E-state index in [0.717, 1.165) is 19.3 Å². The molecule has 1 atom stereocenters. The van der Waals surface area contributed by atoms with E-state index < -0.39 is 0 Å². The fourth-order valence-corrected chi connectivity index (χ4v) is 1.90. The van der Waals surface area contributed by atoms with E-state index in [1.807, 2.05) is 6.08 Å². The van der Waals surface area contributed by atoms with Crippen LogP contribution in [-0.4, -0.2) is 12.6 Å². The van der Waals surface area contributed by atoms with E-state index in [-0.39, 0.29) is 0 Å². The van der Waals surface area contributed by atoms with Gasteiger partial charge in [0.25, 0.3) is 0 Å². The van der Waals surface area contributed by atoms with Gasteiger partial charge in [-0.05, 0) is 24.8 Å². The van der Waals surface area contributed by atoms with Crippen molar-refractivity contribution in [3.8, 4) is 0 Å². The molecule has 0 spiro atoms. The van der Waals surface area contributed by atoms with Crippen LogP contribution in [0.15, 0.2) is 40.9 Å². The van der Waals surface area contributed by atoms with Gasteiger partial charge in [-0.1, -0.05) is 30.7 Å². The van der Waals surface area contributed by atoms with Gasteiger partial charge >= 0.3 is 0 Å². The molecule has 1 unspecified atom stereocenters. The maximum atomic E-state index is 10.0. The highest BCUT2D eigenvalue weighted by Crippen LogP contribution is 2.28. The van der Waals surface area contributed by atoms with Crippen LogP contribution in [0.25, 0.3) is 0 Å². The lowest BCUT2D eigenvalue weighted by Crippen LogP contribution is -2.08. The molecule has 0 fully saturated rings. The maximum absolute atomic E-state index is 10.0. The minimum atomic E-state index is 0.370. The molecule has 0 N–H and O–H groups in total. The van der Waals surface area contributed by atoms with Crippen LogP contribution < -0.4 is 0 Å². The molecule has 1 aliphatic rings. The van der Waals surface area contributed by atoms with E-state index in [1.165, 1.54) is 11.1 Å². The van der Waals surface area contributed by atoms with E-state index in [4.69, 9.17) is 0 Å². The predicted molar refractivity (Wildman–Crippen MR) is 62.4 cm³/mol. The monoisotopic (exact) mass is 203 g/mol. The van der Waals surface area contributed by atoms with Crippen molar-refractivity contribution in [1.82, 2.24) is 0 Å². The lowest BCUT2D eigenvalue weighted by atomic mass is 9.87. The van der Waals surface area contributed by atoms with Crippen molar-refractivity contribution in [1.29, 1.82) is 0 Å². The second kappa shape index (κ2) is 6.15. The zero-order valence-corrected chi connectivity index (χ0v) is 9.20. The minimum absolute atomic E-state index is 0.370. The molecule has 0 bridgehead atoms. The van der Waals surface area contributed by atoms with Crippen LogP contribution in [0.4, 0.5) is 0 Å². The molecule has 1 aliphatic carbocycles. The number of aliphatic imine (C=N–C) groups is 1. The third-order valence-electron chi connectivity index (χ3n) is 2.71. The minimum Gasteiger partial charge on any atom is -0.211 e. The van der Waals surface area contributed by atoms with Crippen LogP contribution in [0, 0.1) is 5.92 Å². The van der Waals surface area contributed by atoms with Gasteiger partial charge in [0.05, 0.1) is 6.54 Å². The molecule has 1 rings (SSSR count). The SMILES string of the molecule is C=CCC1=C(CC)CC(CN=C=O)C=C1. The largest absolute Gasteiger partial charge is 0.234 e. The first-order valence-corrected chi connectivity index (χ1v) is 5.35. The zero-order chi connectivity index (χ0) is 11.1. The second-order valence-electron chi connectivity index (χ2n) is 3.73. The third-order valence-corrected chi connectivity index (χ3v) is 2.71. The van der Waals surface area contributed by atoms with Gasteiger partial charge < -0.3 is 0 Å². The predicted octanol–water partition coefficient (Wildman–Crippen LogP) is 3.18. The molecule has 0 aliphatic heterocycles. The molecule has 0 aromatic heterocycles. The van der Waals surface area contributed by atoms with Crippen molar-refractivity contribution in [2.45, 2.75) is 26.2 Å². The van der Waals surface area contributed by atoms with Gasteiger partial charge in [0, 0.05) is 5.92 Å². The van der Waals surface area contributed by atoms with Crippen molar-refractivity contribution >= 4 is 6.08 Å². The molecule has 15 heavy (non-hydrogen) atoms. The zero-order valence-electron chi connectivity index (χ0n) is 9.20. The standard InChI is InChI=1S/C13H17NO/c1-3-5-13-7-6-11(9-14-10-15)8-12(13)4-2/h3,6-7,11H,1,4-5,8-9H2,2H3. The van der Waals surface area contributed by atoms with Gasteiger partial charge in [-0.2, -0.15) is 0 Å². The first-order chi connectivity index (χ1) is 7.31. The van der Waals surface area contributed by atoms with Crippen LogP contribution >= 0.6 is 0 Å². The van der Waals surface area contributed by atoms with E-state index >= 15 is 0 Å². The average molecular weight is 203 g/mol. The first kappa shape index (κ1) is 11.7. The summed E-state index contributed by atoms with van der Waals surface area (Å²) in [6.45, 7) is 6.48. The van der Waals surface area contributed by atoms with Crippen molar-refractivity contribution in [2.75, 3.05) is 6.54 Å². The lowest BCUT2D eigenvalue weighted by molar-refractivity contribution is 0.556. The highest BCUT2D eigenvalue weighted by Gasteiger charge is 2.13. The second-order valence-corrected chi connectivity index (χ2v) is 3.73. The molecular formula is C13H17NO.